The number of carbonyl (C=O) groups excluding carboxylic acids is 1. The smallest absolute Gasteiger partial charge is 0.225 e. The van der Waals surface area contributed by atoms with Gasteiger partial charge in [-0.15, -0.1) is 16.9 Å². The maximum absolute atomic E-state index is 12.1. The van der Waals surface area contributed by atoms with Crippen LogP contribution in [0.3, 0.4) is 0 Å². The average molecular weight is 404 g/mol. The zero-order chi connectivity index (χ0) is 19.9. The van der Waals surface area contributed by atoms with Crippen molar-refractivity contribution in [3.8, 4) is 0 Å². The minimum absolute atomic E-state index is 0.0311. The van der Waals surface area contributed by atoms with Gasteiger partial charge in [0.25, 0.3) is 0 Å². The lowest BCUT2D eigenvalue weighted by atomic mass is 10.2. The van der Waals surface area contributed by atoms with Crippen molar-refractivity contribution in [2.24, 2.45) is 0 Å². The van der Waals surface area contributed by atoms with Crippen LogP contribution in [-0.4, -0.2) is 36.4 Å². The Morgan fingerprint density at radius 2 is 1.93 bits per heavy atom. The third-order valence-electron chi connectivity index (χ3n) is 4.22. The van der Waals surface area contributed by atoms with Crippen molar-refractivity contribution in [2.75, 3.05) is 11.1 Å². The van der Waals surface area contributed by atoms with Crippen LogP contribution < -0.4 is 5.32 Å². The highest BCUT2D eigenvalue weighted by molar-refractivity contribution is 8.02. The first-order valence-electron chi connectivity index (χ1n) is 9.22. The Hall–Kier alpha value is -3.39. The Labute approximate surface area is 172 Å². The summed E-state index contributed by atoms with van der Waals surface area (Å²) in [6.07, 6.45) is 5.90. The summed E-state index contributed by atoms with van der Waals surface area (Å²) < 4.78 is 3.48. The number of amides is 1. The second-order valence-electron chi connectivity index (χ2n) is 6.37. The fourth-order valence-corrected chi connectivity index (χ4v) is 3.49. The van der Waals surface area contributed by atoms with Gasteiger partial charge in [0, 0.05) is 12.2 Å². The molecule has 8 heteroatoms. The van der Waals surface area contributed by atoms with Crippen LogP contribution >= 0.6 is 11.8 Å². The van der Waals surface area contributed by atoms with Crippen molar-refractivity contribution >= 4 is 40.5 Å². The number of nitrogens with zero attached hydrogens (tertiary/aromatic N) is 5. The summed E-state index contributed by atoms with van der Waals surface area (Å²) in [7, 11) is 0. The lowest BCUT2D eigenvalue weighted by Crippen LogP contribution is -2.12. The number of benzene rings is 2. The van der Waals surface area contributed by atoms with E-state index in [2.05, 4.69) is 20.7 Å². The van der Waals surface area contributed by atoms with E-state index in [-0.39, 0.29) is 5.91 Å². The SMILES string of the molecule is O=C(CCSC=Cc1ccccc1)Nc1cnn(Cn2nnc3ccccc32)c1. The molecule has 0 spiro atoms. The van der Waals surface area contributed by atoms with Crippen molar-refractivity contribution in [2.45, 2.75) is 13.1 Å². The number of hydrogen-bond acceptors (Lipinski definition) is 5. The molecular weight excluding hydrogens is 384 g/mol. The first kappa shape index (κ1) is 18.9. The van der Waals surface area contributed by atoms with E-state index in [0.29, 0.717) is 24.5 Å². The number of thioether (sulfide) groups is 1. The molecule has 0 atom stereocenters. The van der Waals surface area contributed by atoms with E-state index in [1.165, 1.54) is 0 Å². The van der Waals surface area contributed by atoms with Gasteiger partial charge in [0.2, 0.25) is 5.91 Å². The van der Waals surface area contributed by atoms with E-state index < -0.39 is 0 Å². The van der Waals surface area contributed by atoms with Crippen molar-refractivity contribution in [1.29, 1.82) is 0 Å². The molecule has 0 unspecified atom stereocenters. The van der Waals surface area contributed by atoms with Gasteiger partial charge in [-0.25, -0.2) is 9.36 Å². The van der Waals surface area contributed by atoms with Gasteiger partial charge in [0.05, 0.1) is 23.6 Å². The molecule has 0 fully saturated rings. The van der Waals surface area contributed by atoms with E-state index in [0.717, 1.165) is 16.6 Å². The van der Waals surface area contributed by atoms with E-state index in [1.54, 1.807) is 33.5 Å². The number of para-hydroxylation sites is 1. The van der Waals surface area contributed by atoms with Gasteiger partial charge in [-0.05, 0) is 29.2 Å². The van der Waals surface area contributed by atoms with Crippen LogP contribution in [0.25, 0.3) is 17.1 Å². The molecule has 2 heterocycles. The van der Waals surface area contributed by atoms with Crippen molar-refractivity contribution in [3.05, 3.63) is 78.0 Å². The zero-order valence-electron chi connectivity index (χ0n) is 15.7. The van der Waals surface area contributed by atoms with Crippen molar-refractivity contribution in [3.63, 3.8) is 0 Å². The summed E-state index contributed by atoms with van der Waals surface area (Å²) in [5, 5.41) is 17.5. The molecule has 4 rings (SSSR count). The lowest BCUT2D eigenvalue weighted by molar-refractivity contribution is -0.115. The molecule has 7 nitrogen and oxygen atoms in total. The summed E-state index contributed by atoms with van der Waals surface area (Å²) in [5.74, 6) is 0.685. The highest BCUT2D eigenvalue weighted by Gasteiger charge is 2.07. The molecule has 0 saturated heterocycles. The van der Waals surface area contributed by atoms with Crippen LogP contribution in [0.1, 0.15) is 12.0 Å². The maximum Gasteiger partial charge on any atom is 0.225 e. The van der Waals surface area contributed by atoms with Gasteiger partial charge in [-0.1, -0.05) is 47.7 Å². The van der Waals surface area contributed by atoms with Crippen LogP contribution in [0, 0.1) is 0 Å². The van der Waals surface area contributed by atoms with E-state index >= 15 is 0 Å². The first-order chi connectivity index (χ1) is 14.3. The van der Waals surface area contributed by atoms with E-state index in [1.807, 2.05) is 66.1 Å². The summed E-state index contributed by atoms with van der Waals surface area (Å²) in [6, 6.07) is 17.8. The second kappa shape index (κ2) is 9.20. The largest absolute Gasteiger partial charge is 0.323 e. The molecule has 2 aromatic carbocycles. The Balaban J connectivity index is 1.24. The molecule has 29 heavy (non-hydrogen) atoms. The minimum atomic E-state index is -0.0311. The topological polar surface area (TPSA) is 77.6 Å². The molecule has 0 radical (unpaired) electrons. The number of aromatic nitrogens is 5. The third kappa shape index (κ3) is 5.11. The molecular formula is C21H20N6OS. The van der Waals surface area contributed by atoms with Gasteiger partial charge in [0.15, 0.2) is 0 Å². The molecule has 0 aliphatic heterocycles. The van der Waals surface area contributed by atoms with Crippen molar-refractivity contribution < 1.29 is 4.79 Å². The number of nitrogens with one attached hydrogen (secondary N) is 1. The van der Waals surface area contributed by atoms with E-state index in [4.69, 9.17) is 0 Å². The molecule has 1 N–H and O–H groups in total. The highest BCUT2D eigenvalue weighted by Crippen LogP contribution is 2.13. The first-order valence-corrected chi connectivity index (χ1v) is 10.3. The summed E-state index contributed by atoms with van der Waals surface area (Å²) in [5.41, 5.74) is 3.60. The Kier molecular flexibility index (Phi) is 6.01. The lowest BCUT2D eigenvalue weighted by Gasteiger charge is -2.03. The van der Waals surface area contributed by atoms with Gasteiger partial charge < -0.3 is 5.32 Å². The van der Waals surface area contributed by atoms with Crippen LogP contribution in [0.5, 0.6) is 0 Å². The number of anilines is 1. The molecule has 146 valence electrons. The number of hydrogen-bond donors (Lipinski definition) is 1. The van der Waals surface area contributed by atoms with Crippen molar-refractivity contribution in [1.82, 2.24) is 24.8 Å². The van der Waals surface area contributed by atoms with Gasteiger partial charge in [0.1, 0.15) is 12.2 Å². The zero-order valence-corrected chi connectivity index (χ0v) is 16.5. The predicted octanol–water partition coefficient (Wildman–Crippen LogP) is 3.87. The molecule has 0 aliphatic carbocycles. The number of rotatable bonds is 8. The number of fused-ring (bicyclic) bond motifs is 1. The predicted molar refractivity (Wildman–Crippen MR) is 116 cm³/mol. The molecule has 2 aromatic heterocycles. The number of carbonyl (C=O) groups is 1. The quantitative estimate of drug-likeness (QED) is 0.451. The van der Waals surface area contributed by atoms with Gasteiger partial charge >= 0.3 is 0 Å². The monoisotopic (exact) mass is 404 g/mol. The van der Waals surface area contributed by atoms with Crippen LogP contribution in [0.2, 0.25) is 0 Å². The summed E-state index contributed by atoms with van der Waals surface area (Å²) in [4.78, 5) is 12.1. The maximum atomic E-state index is 12.1. The average Bonchev–Trinajstić information content (AvgIpc) is 3.36. The summed E-state index contributed by atoms with van der Waals surface area (Å²) in [6.45, 7) is 0.427. The van der Waals surface area contributed by atoms with Crippen LogP contribution in [0.15, 0.2) is 72.4 Å². The van der Waals surface area contributed by atoms with Crippen LogP contribution in [0.4, 0.5) is 5.69 Å². The van der Waals surface area contributed by atoms with Crippen LogP contribution in [-0.2, 0) is 11.5 Å². The Morgan fingerprint density at radius 3 is 2.83 bits per heavy atom. The van der Waals surface area contributed by atoms with Gasteiger partial charge in [-0.3, -0.25) is 4.79 Å². The Bertz CT molecular complexity index is 1120. The molecule has 4 aromatic rings. The normalized spacial score (nSPS) is 11.3. The van der Waals surface area contributed by atoms with E-state index in [9.17, 15) is 4.79 Å². The molecule has 0 bridgehead atoms. The fourth-order valence-electron chi connectivity index (χ4n) is 2.80. The Morgan fingerprint density at radius 1 is 1.10 bits per heavy atom. The molecule has 0 saturated carbocycles. The highest BCUT2D eigenvalue weighted by atomic mass is 32.2. The second-order valence-corrected chi connectivity index (χ2v) is 7.38. The molecule has 0 aliphatic rings. The standard InChI is InChI=1S/C21H20N6OS/c28-21(11-13-29-12-10-17-6-2-1-3-7-17)23-18-14-22-26(15-18)16-27-20-9-5-4-8-19(20)24-25-27/h1-10,12,14-15H,11,13,16H2,(H,23,28). The molecule has 1 amide bonds. The summed E-state index contributed by atoms with van der Waals surface area (Å²) >= 11 is 1.62. The van der Waals surface area contributed by atoms with Gasteiger partial charge in [-0.2, -0.15) is 5.10 Å². The fraction of sp³-hybridized carbons (Fsp3) is 0.143. The third-order valence-corrected chi connectivity index (χ3v) is 4.99. The minimum Gasteiger partial charge on any atom is -0.323 e.